The number of nitrogens with one attached hydrogen (secondary N) is 1. The molecule has 1 unspecified atom stereocenters. The molecule has 2 aliphatic heterocycles. The summed E-state index contributed by atoms with van der Waals surface area (Å²) in [5.74, 6) is -0.274. The Morgan fingerprint density at radius 3 is 2.51 bits per heavy atom. The van der Waals surface area contributed by atoms with Crippen LogP contribution in [0.5, 0.6) is 0 Å². The lowest BCUT2D eigenvalue weighted by Crippen LogP contribution is -2.49. The number of para-hydroxylation sites is 1. The Bertz CT molecular complexity index is 1200. The summed E-state index contributed by atoms with van der Waals surface area (Å²) in [6, 6.07) is 6.73. The molecule has 35 heavy (non-hydrogen) atoms. The third-order valence-corrected chi connectivity index (χ3v) is 8.34. The van der Waals surface area contributed by atoms with E-state index in [1.54, 1.807) is 31.2 Å². The van der Waals surface area contributed by atoms with E-state index in [0.29, 0.717) is 30.8 Å². The molecule has 2 aromatic rings. The standard InChI is InChI=1S/C24H33N5O5S/c1-4-34-24(31)20-7-5-6-8-21(20)25-22(30)15-27-10-12-28(13-11-27)23-17(2)26-29(18(23)3)19-9-14-35(32,33)16-19/h5-8,19H,4,9-16H2,1-3H3,(H,25,30). The van der Waals surface area contributed by atoms with Gasteiger partial charge in [0.15, 0.2) is 9.84 Å². The number of rotatable bonds is 7. The highest BCUT2D eigenvalue weighted by atomic mass is 32.2. The number of anilines is 2. The fourth-order valence-electron chi connectivity index (χ4n) is 4.94. The van der Waals surface area contributed by atoms with Crippen molar-refractivity contribution < 1.29 is 22.7 Å². The number of hydrogen-bond donors (Lipinski definition) is 1. The van der Waals surface area contributed by atoms with E-state index < -0.39 is 15.8 Å². The Morgan fingerprint density at radius 1 is 1.14 bits per heavy atom. The van der Waals surface area contributed by atoms with E-state index in [1.165, 1.54) is 0 Å². The molecule has 4 rings (SSSR count). The van der Waals surface area contributed by atoms with Crippen molar-refractivity contribution >= 4 is 33.1 Å². The van der Waals surface area contributed by atoms with Crippen LogP contribution in [0.2, 0.25) is 0 Å². The van der Waals surface area contributed by atoms with Crippen LogP contribution in [-0.2, 0) is 19.4 Å². The molecule has 1 aromatic carbocycles. The van der Waals surface area contributed by atoms with Crippen LogP contribution in [0.25, 0.3) is 0 Å². The molecule has 3 heterocycles. The molecule has 0 saturated carbocycles. The molecule has 0 aliphatic carbocycles. The lowest BCUT2D eigenvalue weighted by atomic mass is 10.1. The van der Waals surface area contributed by atoms with Gasteiger partial charge in [-0.3, -0.25) is 14.4 Å². The summed E-state index contributed by atoms with van der Waals surface area (Å²) in [5, 5.41) is 7.52. The average Bonchev–Trinajstić information content (AvgIpc) is 3.32. The van der Waals surface area contributed by atoms with Gasteiger partial charge in [0.2, 0.25) is 5.91 Å². The minimum absolute atomic E-state index is 0.102. The van der Waals surface area contributed by atoms with Crippen molar-refractivity contribution in [1.29, 1.82) is 0 Å². The number of carbonyl (C=O) groups is 2. The molecule has 1 atom stereocenters. The van der Waals surface area contributed by atoms with Gasteiger partial charge in [-0.1, -0.05) is 12.1 Å². The number of nitrogens with zero attached hydrogens (tertiary/aromatic N) is 4. The number of aryl methyl sites for hydroxylation is 1. The molecule has 190 valence electrons. The lowest BCUT2D eigenvalue weighted by Gasteiger charge is -2.36. The molecule has 1 N–H and O–H groups in total. The second-order valence-electron chi connectivity index (χ2n) is 9.10. The number of piperazine rings is 1. The molecule has 1 aromatic heterocycles. The number of sulfone groups is 1. The van der Waals surface area contributed by atoms with Crippen LogP contribution >= 0.6 is 0 Å². The Kier molecular flexibility index (Phi) is 7.46. The first kappa shape index (κ1) is 25.2. The summed E-state index contributed by atoms with van der Waals surface area (Å²) >= 11 is 0. The van der Waals surface area contributed by atoms with Gasteiger partial charge in [-0.15, -0.1) is 0 Å². The van der Waals surface area contributed by atoms with Gasteiger partial charge in [-0.05, 0) is 39.3 Å². The van der Waals surface area contributed by atoms with Crippen molar-refractivity contribution in [3.05, 3.63) is 41.2 Å². The second kappa shape index (κ2) is 10.4. The molecule has 11 heteroatoms. The fourth-order valence-corrected chi connectivity index (χ4v) is 6.63. The predicted octanol–water partition coefficient (Wildman–Crippen LogP) is 1.80. The zero-order valence-corrected chi connectivity index (χ0v) is 21.3. The Labute approximate surface area is 206 Å². The van der Waals surface area contributed by atoms with E-state index in [0.717, 1.165) is 30.2 Å². The van der Waals surface area contributed by atoms with E-state index in [9.17, 15) is 18.0 Å². The SMILES string of the molecule is CCOC(=O)c1ccccc1NC(=O)CN1CCN(c2c(C)nn(C3CCS(=O)(=O)C3)c2C)CC1. The monoisotopic (exact) mass is 503 g/mol. The molecule has 2 saturated heterocycles. The summed E-state index contributed by atoms with van der Waals surface area (Å²) in [6.07, 6.45) is 0.603. The van der Waals surface area contributed by atoms with Crippen LogP contribution in [-0.4, -0.2) is 85.8 Å². The Balaban J connectivity index is 1.35. The van der Waals surface area contributed by atoms with Gasteiger partial charge in [-0.2, -0.15) is 5.10 Å². The number of ether oxygens (including phenoxy) is 1. The first-order valence-electron chi connectivity index (χ1n) is 12.0. The lowest BCUT2D eigenvalue weighted by molar-refractivity contribution is -0.117. The van der Waals surface area contributed by atoms with E-state index in [4.69, 9.17) is 4.74 Å². The fraction of sp³-hybridized carbons (Fsp3) is 0.542. The van der Waals surface area contributed by atoms with Gasteiger partial charge in [-0.25, -0.2) is 13.2 Å². The van der Waals surface area contributed by atoms with Crippen molar-refractivity contribution in [3.8, 4) is 0 Å². The number of benzene rings is 1. The minimum Gasteiger partial charge on any atom is -0.462 e. The third-order valence-electron chi connectivity index (χ3n) is 6.59. The number of aromatic nitrogens is 2. The first-order valence-corrected chi connectivity index (χ1v) is 13.8. The largest absolute Gasteiger partial charge is 0.462 e. The topological polar surface area (TPSA) is 114 Å². The van der Waals surface area contributed by atoms with Crippen LogP contribution in [0.4, 0.5) is 11.4 Å². The summed E-state index contributed by atoms with van der Waals surface area (Å²) < 4.78 is 30.8. The molecule has 0 radical (unpaired) electrons. The van der Waals surface area contributed by atoms with E-state index in [1.807, 2.05) is 18.5 Å². The number of carbonyl (C=O) groups excluding carboxylic acids is 2. The van der Waals surface area contributed by atoms with Crippen molar-refractivity contribution in [2.45, 2.75) is 33.2 Å². The van der Waals surface area contributed by atoms with Crippen LogP contribution in [0, 0.1) is 13.8 Å². The summed E-state index contributed by atoms with van der Waals surface area (Å²) in [5.41, 5.74) is 3.73. The van der Waals surface area contributed by atoms with Crippen LogP contribution < -0.4 is 10.2 Å². The normalized spacial score (nSPS) is 20.1. The highest BCUT2D eigenvalue weighted by molar-refractivity contribution is 7.91. The highest BCUT2D eigenvalue weighted by Gasteiger charge is 2.33. The highest BCUT2D eigenvalue weighted by Crippen LogP contribution is 2.31. The smallest absolute Gasteiger partial charge is 0.340 e. The molecule has 0 spiro atoms. The van der Waals surface area contributed by atoms with Crippen molar-refractivity contribution in [2.24, 2.45) is 0 Å². The molecule has 2 fully saturated rings. The average molecular weight is 504 g/mol. The van der Waals surface area contributed by atoms with Gasteiger partial charge < -0.3 is 15.0 Å². The Morgan fingerprint density at radius 2 is 1.86 bits per heavy atom. The van der Waals surface area contributed by atoms with E-state index in [-0.39, 0.29) is 36.6 Å². The molecule has 0 bridgehead atoms. The van der Waals surface area contributed by atoms with Crippen LogP contribution in [0.3, 0.4) is 0 Å². The maximum Gasteiger partial charge on any atom is 0.340 e. The number of esters is 1. The summed E-state index contributed by atoms with van der Waals surface area (Å²) in [4.78, 5) is 29.2. The zero-order valence-electron chi connectivity index (χ0n) is 20.5. The molecule has 2 aliphatic rings. The van der Waals surface area contributed by atoms with Gasteiger partial charge in [0.25, 0.3) is 0 Å². The maximum atomic E-state index is 12.7. The van der Waals surface area contributed by atoms with Gasteiger partial charge in [0, 0.05) is 26.2 Å². The van der Waals surface area contributed by atoms with Crippen molar-refractivity contribution in [1.82, 2.24) is 14.7 Å². The van der Waals surface area contributed by atoms with Crippen LogP contribution in [0.1, 0.15) is 41.1 Å². The van der Waals surface area contributed by atoms with Gasteiger partial charge in [0.05, 0.1) is 59.0 Å². The van der Waals surface area contributed by atoms with Crippen molar-refractivity contribution in [2.75, 3.05) is 61.1 Å². The summed E-state index contributed by atoms with van der Waals surface area (Å²) in [6.45, 7) is 9.08. The minimum atomic E-state index is -2.99. The van der Waals surface area contributed by atoms with E-state index >= 15 is 0 Å². The van der Waals surface area contributed by atoms with Crippen LogP contribution in [0.15, 0.2) is 24.3 Å². The number of amides is 1. The molecule has 1 amide bonds. The second-order valence-corrected chi connectivity index (χ2v) is 11.3. The molecular weight excluding hydrogens is 470 g/mol. The number of hydrogen-bond acceptors (Lipinski definition) is 8. The van der Waals surface area contributed by atoms with E-state index in [2.05, 4.69) is 20.2 Å². The molecule has 10 nitrogen and oxygen atoms in total. The van der Waals surface area contributed by atoms with Gasteiger partial charge >= 0.3 is 5.97 Å². The van der Waals surface area contributed by atoms with Crippen molar-refractivity contribution in [3.63, 3.8) is 0 Å². The first-order chi connectivity index (χ1) is 16.7. The third kappa shape index (κ3) is 5.67. The maximum absolute atomic E-state index is 12.7. The molecular formula is C24H33N5O5S. The zero-order chi connectivity index (χ0) is 25.2. The van der Waals surface area contributed by atoms with Gasteiger partial charge in [0.1, 0.15) is 0 Å². The predicted molar refractivity (Wildman–Crippen MR) is 134 cm³/mol. The quantitative estimate of drug-likeness (QED) is 0.569. The summed E-state index contributed by atoms with van der Waals surface area (Å²) in [7, 11) is -2.99. The Hall–Kier alpha value is -2.92.